The van der Waals surface area contributed by atoms with E-state index in [2.05, 4.69) is 20.9 Å². The number of aliphatic imine (C=N–C) groups is 1. The van der Waals surface area contributed by atoms with Crippen LogP contribution in [0.1, 0.15) is 35.7 Å². The summed E-state index contributed by atoms with van der Waals surface area (Å²) in [5.41, 5.74) is 1.79. The maximum Gasteiger partial charge on any atom is 0.257 e. The van der Waals surface area contributed by atoms with Crippen molar-refractivity contribution in [3.63, 3.8) is 0 Å². The maximum atomic E-state index is 13.5. The minimum Gasteiger partial charge on any atom is -0.376 e. The van der Waals surface area contributed by atoms with Gasteiger partial charge in [-0.15, -0.1) is 0 Å². The van der Waals surface area contributed by atoms with Crippen molar-refractivity contribution in [3.8, 4) is 0 Å². The summed E-state index contributed by atoms with van der Waals surface area (Å²) in [6, 6.07) is 11.0. The van der Waals surface area contributed by atoms with Gasteiger partial charge in [0.05, 0.1) is 17.7 Å². The molecule has 1 aliphatic heterocycles. The third-order valence-electron chi connectivity index (χ3n) is 4.65. The summed E-state index contributed by atoms with van der Waals surface area (Å²) in [6.07, 6.45) is 1.88. The number of guanidine groups is 1. The van der Waals surface area contributed by atoms with E-state index >= 15 is 0 Å². The number of carbonyl (C=O) groups excluding carboxylic acids is 2. The number of anilines is 1. The molecule has 3 N–H and O–H groups in total. The van der Waals surface area contributed by atoms with Crippen LogP contribution >= 0.6 is 11.6 Å². The van der Waals surface area contributed by atoms with Crippen LogP contribution in [-0.2, 0) is 16.1 Å². The minimum atomic E-state index is -0.534. The first-order chi connectivity index (χ1) is 14.9. The van der Waals surface area contributed by atoms with Crippen molar-refractivity contribution >= 4 is 35.1 Å². The Hall–Kier alpha value is -2.97. The maximum absolute atomic E-state index is 13.5. The second-order valence-corrected chi connectivity index (χ2v) is 7.55. The molecular formula is C22H24ClFN4O3. The van der Waals surface area contributed by atoms with Gasteiger partial charge >= 0.3 is 0 Å². The first kappa shape index (κ1) is 22.7. The molecule has 9 heteroatoms. The van der Waals surface area contributed by atoms with Gasteiger partial charge in [-0.1, -0.05) is 23.7 Å². The molecule has 1 saturated heterocycles. The molecule has 0 bridgehead atoms. The van der Waals surface area contributed by atoms with Crippen LogP contribution in [0.4, 0.5) is 10.1 Å². The van der Waals surface area contributed by atoms with Crippen LogP contribution in [0, 0.1) is 5.82 Å². The van der Waals surface area contributed by atoms with Crippen molar-refractivity contribution in [2.75, 3.05) is 18.5 Å². The molecule has 7 nitrogen and oxygen atoms in total. The molecule has 0 saturated carbocycles. The predicted molar refractivity (Wildman–Crippen MR) is 118 cm³/mol. The Morgan fingerprint density at radius 2 is 2.00 bits per heavy atom. The lowest BCUT2D eigenvalue weighted by Gasteiger charge is -2.14. The van der Waals surface area contributed by atoms with Crippen molar-refractivity contribution in [1.82, 2.24) is 10.6 Å². The molecule has 0 unspecified atom stereocenters. The molecule has 0 spiro atoms. The van der Waals surface area contributed by atoms with E-state index in [1.807, 2.05) is 0 Å². The number of hydrogen-bond donors (Lipinski definition) is 3. The lowest BCUT2D eigenvalue weighted by Crippen LogP contribution is -2.36. The average Bonchev–Trinajstić information content (AvgIpc) is 3.27. The minimum absolute atomic E-state index is 0.00133. The van der Waals surface area contributed by atoms with Crippen LogP contribution in [0.15, 0.2) is 47.5 Å². The van der Waals surface area contributed by atoms with Gasteiger partial charge < -0.3 is 15.4 Å². The molecule has 1 fully saturated rings. The molecule has 0 radical (unpaired) electrons. The quantitative estimate of drug-likeness (QED) is 0.468. The fourth-order valence-corrected chi connectivity index (χ4v) is 3.16. The van der Waals surface area contributed by atoms with Crippen molar-refractivity contribution in [2.24, 2.45) is 4.99 Å². The lowest BCUT2D eigenvalue weighted by atomic mass is 10.1. The molecule has 0 aliphatic carbocycles. The van der Waals surface area contributed by atoms with Gasteiger partial charge in [-0.2, -0.15) is 0 Å². The van der Waals surface area contributed by atoms with Gasteiger partial charge in [-0.25, -0.2) is 9.38 Å². The summed E-state index contributed by atoms with van der Waals surface area (Å²) >= 11 is 5.85. The number of ether oxygens (including phenoxy) is 1. The number of amides is 2. The molecule has 3 rings (SSSR count). The van der Waals surface area contributed by atoms with Crippen molar-refractivity contribution < 1.29 is 18.7 Å². The van der Waals surface area contributed by atoms with Crippen LogP contribution in [0.25, 0.3) is 0 Å². The second-order valence-electron chi connectivity index (χ2n) is 7.14. The second kappa shape index (κ2) is 10.9. The Morgan fingerprint density at radius 1 is 1.23 bits per heavy atom. The number of hydrogen-bond acceptors (Lipinski definition) is 4. The Bertz CT molecular complexity index is 960. The fraction of sp³-hybridized carbons (Fsp3) is 0.318. The standard InChI is InChI=1S/C22H24ClFN4O3/c1-14(29)25-12-15-4-6-16(7-5-15)21(30)28-22(26-13-18-3-2-10-31-18)27-17-8-9-20(24)19(23)11-17/h4-9,11,18H,2-3,10,12-13H2,1H3,(H,25,29)(H2,26,27,28,30)/t18-/m1/s1. The Balaban J connectivity index is 1.70. The average molecular weight is 447 g/mol. The van der Waals surface area contributed by atoms with E-state index in [9.17, 15) is 14.0 Å². The van der Waals surface area contributed by atoms with Crippen molar-refractivity contribution in [3.05, 3.63) is 64.4 Å². The van der Waals surface area contributed by atoms with Gasteiger partial charge in [0.2, 0.25) is 11.9 Å². The molecule has 0 aromatic heterocycles. The summed E-state index contributed by atoms with van der Waals surface area (Å²) in [7, 11) is 0. The van der Waals surface area contributed by atoms with Gasteiger partial charge in [-0.05, 0) is 48.7 Å². The largest absolute Gasteiger partial charge is 0.376 e. The molecule has 164 valence electrons. The van der Waals surface area contributed by atoms with Crippen LogP contribution < -0.4 is 16.0 Å². The highest BCUT2D eigenvalue weighted by Gasteiger charge is 2.16. The summed E-state index contributed by atoms with van der Waals surface area (Å²) in [5.74, 6) is -0.808. The highest BCUT2D eigenvalue weighted by Crippen LogP contribution is 2.19. The van der Waals surface area contributed by atoms with Gasteiger partial charge in [0.25, 0.3) is 5.91 Å². The number of halogens is 2. The van der Waals surface area contributed by atoms with Crippen molar-refractivity contribution in [2.45, 2.75) is 32.4 Å². The molecule has 31 heavy (non-hydrogen) atoms. The topological polar surface area (TPSA) is 91.8 Å². The summed E-state index contributed by atoms with van der Waals surface area (Å²) in [4.78, 5) is 28.2. The normalized spacial score (nSPS) is 16.1. The van der Waals surface area contributed by atoms with Gasteiger partial charge in [-0.3, -0.25) is 14.9 Å². The van der Waals surface area contributed by atoms with E-state index in [0.717, 1.165) is 18.4 Å². The predicted octanol–water partition coefficient (Wildman–Crippen LogP) is 3.49. The Kier molecular flexibility index (Phi) is 7.97. The smallest absolute Gasteiger partial charge is 0.257 e. The molecule has 1 atom stereocenters. The van der Waals surface area contributed by atoms with Gasteiger partial charge in [0.15, 0.2) is 0 Å². The third-order valence-corrected chi connectivity index (χ3v) is 4.94. The summed E-state index contributed by atoms with van der Waals surface area (Å²) in [5, 5.41) is 8.39. The van der Waals surface area contributed by atoms with E-state index in [4.69, 9.17) is 16.3 Å². The third kappa shape index (κ3) is 7.04. The van der Waals surface area contributed by atoms with Crippen LogP contribution in [0.2, 0.25) is 5.02 Å². The van der Waals surface area contributed by atoms with E-state index in [1.54, 1.807) is 24.3 Å². The number of nitrogens with zero attached hydrogens (tertiary/aromatic N) is 1. The van der Waals surface area contributed by atoms with Gasteiger partial charge in [0.1, 0.15) is 5.82 Å². The van der Waals surface area contributed by atoms with E-state index in [-0.39, 0.29) is 28.9 Å². The SMILES string of the molecule is CC(=O)NCc1ccc(C(=O)NC(=NC[C@H]2CCCO2)Nc2ccc(F)c(Cl)c2)cc1. The highest BCUT2D eigenvalue weighted by atomic mass is 35.5. The molecular weight excluding hydrogens is 423 g/mol. The Morgan fingerprint density at radius 3 is 2.65 bits per heavy atom. The highest BCUT2D eigenvalue weighted by molar-refractivity contribution is 6.31. The lowest BCUT2D eigenvalue weighted by molar-refractivity contribution is -0.119. The number of benzene rings is 2. The van der Waals surface area contributed by atoms with Crippen LogP contribution in [0.5, 0.6) is 0 Å². The van der Waals surface area contributed by atoms with E-state index in [0.29, 0.717) is 30.9 Å². The zero-order valence-electron chi connectivity index (χ0n) is 17.1. The van der Waals surface area contributed by atoms with E-state index < -0.39 is 5.82 Å². The zero-order chi connectivity index (χ0) is 22.2. The molecule has 2 aromatic carbocycles. The molecule has 2 amide bonds. The van der Waals surface area contributed by atoms with Gasteiger partial charge in [0, 0.05) is 31.3 Å². The van der Waals surface area contributed by atoms with Crippen LogP contribution in [-0.4, -0.2) is 37.0 Å². The first-order valence-corrected chi connectivity index (χ1v) is 10.3. The number of rotatable bonds is 6. The number of nitrogens with one attached hydrogen (secondary N) is 3. The Labute approximate surface area is 185 Å². The first-order valence-electron chi connectivity index (χ1n) is 9.93. The monoisotopic (exact) mass is 446 g/mol. The molecule has 1 heterocycles. The zero-order valence-corrected chi connectivity index (χ0v) is 17.8. The molecule has 2 aromatic rings. The van der Waals surface area contributed by atoms with Crippen LogP contribution in [0.3, 0.4) is 0 Å². The van der Waals surface area contributed by atoms with Crippen molar-refractivity contribution in [1.29, 1.82) is 0 Å². The van der Waals surface area contributed by atoms with E-state index in [1.165, 1.54) is 25.1 Å². The molecule has 1 aliphatic rings. The fourth-order valence-electron chi connectivity index (χ4n) is 2.98. The summed E-state index contributed by atoms with van der Waals surface area (Å²) in [6.45, 7) is 2.92. The number of carbonyl (C=O) groups is 2. The summed E-state index contributed by atoms with van der Waals surface area (Å²) < 4.78 is 19.0.